The fourth-order valence-electron chi connectivity index (χ4n) is 2.51. The Kier molecular flexibility index (Phi) is 7.00. The molecule has 0 fully saturated rings. The molecule has 3 aromatic rings. The van der Waals surface area contributed by atoms with Crippen molar-refractivity contribution in [3.63, 3.8) is 0 Å². The fourth-order valence-corrected chi connectivity index (χ4v) is 4.77. The molecule has 0 bridgehead atoms. The van der Waals surface area contributed by atoms with Crippen LogP contribution in [0.25, 0.3) is 0 Å². The first kappa shape index (κ1) is 20.0. The zero-order valence-electron chi connectivity index (χ0n) is 14.6. The number of aliphatic hydroxyl groups is 1. The Labute approximate surface area is 167 Å². The van der Waals surface area contributed by atoms with Crippen molar-refractivity contribution in [3.05, 3.63) is 106 Å². The van der Waals surface area contributed by atoms with Gasteiger partial charge in [0.25, 0.3) is 0 Å². The maximum Gasteiger partial charge on any atom is 0.364 e. The van der Waals surface area contributed by atoms with Crippen molar-refractivity contribution >= 4 is 23.5 Å². The molecule has 0 saturated carbocycles. The van der Waals surface area contributed by atoms with Crippen LogP contribution in [0.5, 0.6) is 0 Å². The van der Waals surface area contributed by atoms with Crippen molar-refractivity contribution in [3.8, 4) is 0 Å². The first-order chi connectivity index (χ1) is 13.1. The quantitative estimate of drug-likeness (QED) is 0.426. The molecule has 4 nitrogen and oxygen atoms in total. The van der Waals surface area contributed by atoms with Gasteiger partial charge in [-0.3, -0.25) is 4.57 Å². The SMILES string of the molecule is O=P(OCc1ccccc1)(OCc1ccccc1)[C@H](O)c1ccccc1Br. The number of halogens is 1. The van der Waals surface area contributed by atoms with E-state index in [0.29, 0.717) is 10.0 Å². The van der Waals surface area contributed by atoms with Crippen LogP contribution in [0.4, 0.5) is 0 Å². The Balaban J connectivity index is 1.82. The van der Waals surface area contributed by atoms with Crippen molar-refractivity contribution in [2.45, 2.75) is 19.1 Å². The van der Waals surface area contributed by atoms with Gasteiger partial charge in [0.2, 0.25) is 0 Å². The van der Waals surface area contributed by atoms with E-state index in [4.69, 9.17) is 9.05 Å². The number of benzene rings is 3. The third kappa shape index (κ3) is 5.38. The summed E-state index contributed by atoms with van der Waals surface area (Å²) in [6.45, 7) is 0.156. The Hall–Kier alpha value is -1.75. The predicted octanol–water partition coefficient (Wildman–Crippen LogP) is 6.07. The van der Waals surface area contributed by atoms with Gasteiger partial charge < -0.3 is 14.2 Å². The topological polar surface area (TPSA) is 55.8 Å². The summed E-state index contributed by atoms with van der Waals surface area (Å²) in [7, 11) is -3.86. The lowest BCUT2D eigenvalue weighted by atomic mass is 10.2. The average Bonchev–Trinajstić information content (AvgIpc) is 2.72. The van der Waals surface area contributed by atoms with Crippen LogP contribution in [0.1, 0.15) is 22.5 Å². The van der Waals surface area contributed by atoms with Crippen LogP contribution in [0.15, 0.2) is 89.4 Å². The summed E-state index contributed by atoms with van der Waals surface area (Å²) in [6.07, 6.45) is 0. The van der Waals surface area contributed by atoms with E-state index in [-0.39, 0.29) is 13.2 Å². The maximum absolute atomic E-state index is 13.5. The van der Waals surface area contributed by atoms with Crippen LogP contribution < -0.4 is 0 Å². The average molecular weight is 447 g/mol. The first-order valence-electron chi connectivity index (χ1n) is 8.47. The molecular weight excluding hydrogens is 427 g/mol. The van der Waals surface area contributed by atoms with Gasteiger partial charge in [-0.1, -0.05) is 94.8 Å². The van der Waals surface area contributed by atoms with Crippen molar-refractivity contribution in [2.75, 3.05) is 0 Å². The largest absolute Gasteiger partial charge is 0.376 e. The minimum atomic E-state index is -3.86. The summed E-state index contributed by atoms with van der Waals surface area (Å²) in [5.41, 5.74) is 2.16. The molecule has 140 valence electrons. The van der Waals surface area contributed by atoms with E-state index < -0.39 is 13.4 Å². The molecule has 0 aromatic heterocycles. The number of rotatable bonds is 8. The Morgan fingerprint density at radius 1 is 0.778 bits per heavy atom. The van der Waals surface area contributed by atoms with E-state index in [1.807, 2.05) is 66.7 Å². The molecule has 0 aliphatic heterocycles. The summed E-state index contributed by atoms with van der Waals surface area (Å²) in [5, 5.41) is 10.8. The highest BCUT2D eigenvalue weighted by Gasteiger charge is 2.37. The molecule has 27 heavy (non-hydrogen) atoms. The predicted molar refractivity (Wildman–Crippen MR) is 109 cm³/mol. The standard InChI is InChI=1S/C21H20BrO4P/c22-20-14-8-7-13-19(20)21(23)27(24,25-15-17-9-3-1-4-10-17)26-16-18-11-5-2-6-12-18/h1-14,21,23H,15-16H2/t21-/m0/s1. The summed E-state index contributed by atoms with van der Waals surface area (Å²) < 4.78 is 25.5. The highest BCUT2D eigenvalue weighted by molar-refractivity contribution is 9.10. The minimum absolute atomic E-state index is 0.0778. The number of hydrogen-bond acceptors (Lipinski definition) is 4. The smallest absolute Gasteiger partial charge is 0.364 e. The van der Waals surface area contributed by atoms with Gasteiger partial charge in [-0.2, -0.15) is 0 Å². The van der Waals surface area contributed by atoms with Gasteiger partial charge in [0.1, 0.15) is 0 Å². The van der Waals surface area contributed by atoms with Crippen molar-refractivity contribution < 1.29 is 18.7 Å². The van der Waals surface area contributed by atoms with Gasteiger partial charge in [0, 0.05) is 10.0 Å². The lowest BCUT2D eigenvalue weighted by Crippen LogP contribution is -2.07. The second-order valence-electron chi connectivity index (χ2n) is 5.95. The van der Waals surface area contributed by atoms with Gasteiger partial charge in [-0.05, 0) is 17.2 Å². The van der Waals surface area contributed by atoms with Gasteiger partial charge >= 0.3 is 7.60 Å². The lowest BCUT2D eigenvalue weighted by molar-refractivity contribution is 0.132. The highest BCUT2D eigenvalue weighted by atomic mass is 79.9. The molecule has 0 saturated heterocycles. The molecule has 0 radical (unpaired) electrons. The third-order valence-electron chi connectivity index (χ3n) is 3.99. The molecule has 3 rings (SSSR count). The molecule has 0 unspecified atom stereocenters. The van der Waals surface area contributed by atoms with Gasteiger partial charge in [-0.15, -0.1) is 0 Å². The molecule has 0 spiro atoms. The molecule has 1 N–H and O–H groups in total. The second kappa shape index (κ2) is 9.45. The van der Waals surface area contributed by atoms with E-state index in [1.54, 1.807) is 18.2 Å². The highest BCUT2D eigenvalue weighted by Crippen LogP contribution is 2.61. The monoisotopic (exact) mass is 446 g/mol. The molecule has 1 atom stereocenters. The number of aliphatic hydroxyl groups excluding tert-OH is 1. The summed E-state index contributed by atoms with van der Waals surface area (Å²) >= 11 is 3.39. The van der Waals surface area contributed by atoms with Crippen LogP contribution in [0, 0.1) is 0 Å². The minimum Gasteiger partial charge on any atom is -0.376 e. The van der Waals surface area contributed by atoms with Crippen molar-refractivity contribution in [1.29, 1.82) is 0 Å². The molecule has 0 aliphatic rings. The van der Waals surface area contributed by atoms with E-state index >= 15 is 0 Å². The van der Waals surface area contributed by atoms with Crippen molar-refractivity contribution in [2.24, 2.45) is 0 Å². The van der Waals surface area contributed by atoms with Crippen LogP contribution in [-0.2, 0) is 26.8 Å². The molecule has 0 aliphatic carbocycles. The molecule has 6 heteroatoms. The number of hydrogen-bond donors (Lipinski definition) is 1. The van der Waals surface area contributed by atoms with E-state index in [2.05, 4.69) is 15.9 Å². The van der Waals surface area contributed by atoms with Crippen molar-refractivity contribution in [1.82, 2.24) is 0 Å². The van der Waals surface area contributed by atoms with E-state index in [0.717, 1.165) is 11.1 Å². The normalized spacial score (nSPS) is 12.7. The molecular formula is C21H20BrO4P. The van der Waals surface area contributed by atoms with Gasteiger partial charge in [0.15, 0.2) is 5.85 Å². The maximum atomic E-state index is 13.5. The van der Waals surface area contributed by atoms with Crippen LogP contribution >= 0.6 is 23.5 Å². The Morgan fingerprint density at radius 2 is 1.22 bits per heavy atom. The summed E-state index contributed by atoms with van der Waals surface area (Å²) in [5.74, 6) is -1.40. The molecule has 0 heterocycles. The zero-order valence-corrected chi connectivity index (χ0v) is 17.1. The zero-order chi connectivity index (χ0) is 19.1. The van der Waals surface area contributed by atoms with Crippen LogP contribution in [0.3, 0.4) is 0 Å². The first-order valence-corrected chi connectivity index (χ1v) is 10.9. The summed E-state index contributed by atoms with van der Waals surface area (Å²) in [4.78, 5) is 0. The van der Waals surface area contributed by atoms with E-state index in [1.165, 1.54) is 0 Å². The van der Waals surface area contributed by atoms with Gasteiger partial charge in [0.05, 0.1) is 13.2 Å². The Morgan fingerprint density at radius 3 is 1.70 bits per heavy atom. The lowest BCUT2D eigenvalue weighted by Gasteiger charge is -2.24. The molecule has 0 amide bonds. The van der Waals surface area contributed by atoms with Crippen LogP contribution in [0.2, 0.25) is 0 Å². The van der Waals surface area contributed by atoms with Gasteiger partial charge in [-0.25, -0.2) is 0 Å². The second-order valence-corrected chi connectivity index (χ2v) is 8.89. The fraction of sp³-hybridized carbons (Fsp3) is 0.143. The molecule has 3 aromatic carbocycles. The van der Waals surface area contributed by atoms with Crippen LogP contribution in [-0.4, -0.2) is 5.11 Å². The third-order valence-corrected chi connectivity index (χ3v) is 6.57. The summed E-state index contributed by atoms with van der Waals surface area (Å²) in [6, 6.07) is 25.8. The Bertz CT molecular complexity index is 855. The van der Waals surface area contributed by atoms with E-state index in [9.17, 15) is 9.67 Å².